The van der Waals surface area contributed by atoms with Crippen molar-refractivity contribution in [3.63, 3.8) is 0 Å². The number of amides is 1. The van der Waals surface area contributed by atoms with Crippen LogP contribution in [0.3, 0.4) is 0 Å². The molecule has 24 heavy (non-hydrogen) atoms. The van der Waals surface area contributed by atoms with Gasteiger partial charge in [0.25, 0.3) is 0 Å². The van der Waals surface area contributed by atoms with Crippen LogP contribution in [0.1, 0.15) is 50.5 Å². The van der Waals surface area contributed by atoms with E-state index in [2.05, 4.69) is 5.32 Å². The fourth-order valence-corrected chi connectivity index (χ4v) is 3.30. The van der Waals surface area contributed by atoms with Gasteiger partial charge in [0.15, 0.2) is 11.5 Å². The quantitative estimate of drug-likeness (QED) is 0.865. The molecule has 5 heteroatoms. The van der Waals surface area contributed by atoms with Gasteiger partial charge >= 0.3 is 0 Å². The van der Waals surface area contributed by atoms with Gasteiger partial charge < -0.3 is 19.5 Å². The zero-order chi connectivity index (χ0) is 17.4. The molecule has 0 spiro atoms. The Kier molecular flexibility index (Phi) is 7.22. The summed E-state index contributed by atoms with van der Waals surface area (Å²) in [6.45, 7) is 0. The van der Waals surface area contributed by atoms with Gasteiger partial charge in [-0.15, -0.1) is 0 Å². The Labute approximate surface area is 144 Å². The van der Waals surface area contributed by atoms with Crippen LogP contribution in [-0.2, 0) is 11.2 Å². The molecule has 1 aromatic rings. The van der Waals surface area contributed by atoms with Crippen LogP contribution in [0.25, 0.3) is 0 Å². The summed E-state index contributed by atoms with van der Waals surface area (Å²) in [6, 6.07) is 3.97. The third-order valence-corrected chi connectivity index (χ3v) is 4.56. The minimum atomic E-state index is 0.0508. The van der Waals surface area contributed by atoms with Crippen molar-refractivity contribution in [2.75, 3.05) is 21.3 Å². The van der Waals surface area contributed by atoms with Crippen LogP contribution in [-0.4, -0.2) is 33.3 Å². The Hall–Kier alpha value is -1.91. The van der Waals surface area contributed by atoms with Crippen LogP contribution >= 0.6 is 0 Å². The molecule has 0 saturated heterocycles. The monoisotopic (exact) mass is 335 g/mol. The minimum absolute atomic E-state index is 0.0508. The van der Waals surface area contributed by atoms with E-state index in [1.54, 1.807) is 21.3 Å². The maximum absolute atomic E-state index is 12.4. The van der Waals surface area contributed by atoms with E-state index in [0.29, 0.717) is 29.7 Å². The fourth-order valence-electron chi connectivity index (χ4n) is 3.30. The number of benzene rings is 1. The lowest BCUT2D eigenvalue weighted by Gasteiger charge is -2.21. The van der Waals surface area contributed by atoms with E-state index in [-0.39, 0.29) is 5.91 Å². The van der Waals surface area contributed by atoms with Crippen molar-refractivity contribution in [3.8, 4) is 17.2 Å². The van der Waals surface area contributed by atoms with Crippen LogP contribution in [0.2, 0.25) is 0 Å². The predicted octanol–water partition coefficient (Wildman–Crippen LogP) is 3.48. The van der Waals surface area contributed by atoms with E-state index in [4.69, 9.17) is 14.2 Å². The largest absolute Gasteiger partial charge is 0.493 e. The van der Waals surface area contributed by atoms with Crippen molar-refractivity contribution in [1.82, 2.24) is 5.32 Å². The molecule has 0 atom stereocenters. The van der Waals surface area contributed by atoms with Crippen LogP contribution < -0.4 is 19.5 Å². The second-order valence-corrected chi connectivity index (χ2v) is 6.32. The van der Waals surface area contributed by atoms with Crippen LogP contribution in [0.15, 0.2) is 12.1 Å². The molecular weight excluding hydrogens is 306 g/mol. The lowest BCUT2D eigenvalue weighted by Crippen LogP contribution is -2.36. The first-order valence-corrected chi connectivity index (χ1v) is 8.76. The molecule has 0 unspecified atom stereocenters. The second kappa shape index (κ2) is 9.40. The minimum Gasteiger partial charge on any atom is -0.493 e. The third-order valence-electron chi connectivity index (χ3n) is 4.56. The number of rotatable bonds is 6. The summed E-state index contributed by atoms with van der Waals surface area (Å²) in [5, 5.41) is 3.19. The summed E-state index contributed by atoms with van der Waals surface area (Å²) >= 11 is 0. The topological polar surface area (TPSA) is 56.8 Å². The molecule has 1 aliphatic carbocycles. The van der Waals surface area contributed by atoms with Crippen molar-refractivity contribution in [3.05, 3.63) is 17.7 Å². The van der Waals surface area contributed by atoms with Crippen molar-refractivity contribution >= 4 is 5.91 Å². The van der Waals surface area contributed by atoms with E-state index in [1.165, 1.54) is 32.1 Å². The number of hydrogen-bond acceptors (Lipinski definition) is 4. The Morgan fingerprint density at radius 2 is 1.50 bits per heavy atom. The number of methoxy groups -OCH3 is 3. The molecule has 1 amide bonds. The normalized spacial score (nSPS) is 16.0. The summed E-state index contributed by atoms with van der Waals surface area (Å²) < 4.78 is 16.0. The first-order chi connectivity index (χ1) is 11.7. The molecule has 1 aromatic carbocycles. The average Bonchev–Trinajstić information content (AvgIpc) is 2.56. The molecule has 0 bridgehead atoms. The van der Waals surface area contributed by atoms with E-state index >= 15 is 0 Å². The lowest BCUT2D eigenvalue weighted by atomic mass is 9.96. The average molecular weight is 335 g/mol. The molecule has 5 nitrogen and oxygen atoms in total. The molecule has 1 N–H and O–H groups in total. The zero-order valence-corrected chi connectivity index (χ0v) is 15.0. The van der Waals surface area contributed by atoms with Crippen LogP contribution in [0, 0.1) is 0 Å². The SMILES string of the molecule is COc1cc(CC(=O)NC2CCCCCCC2)cc(OC)c1OC. The predicted molar refractivity (Wildman–Crippen MR) is 94.1 cm³/mol. The Morgan fingerprint density at radius 1 is 0.958 bits per heavy atom. The summed E-state index contributed by atoms with van der Waals surface area (Å²) in [7, 11) is 4.73. The summed E-state index contributed by atoms with van der Waals surface area (Å²) in [5.74, 6) is 1.75. The Bertz CT molecular complexity index is 511. The molecular formula is C19H29NO4. The number of ether oxygens (including phenoxy) is 3. The molecule has 2 rings (SSSR count). The van der Waals surface area contributed by atoms with E-state index in [1.807, 2.05) is 12.1 Å². The molecule has 0 aromatic heterocycles. The van der Waals surface area contributed by atoms with Gasteiger partial charge in [-0.2, -0.15) is 0 Å². The van der Waals surface area contributed by atoms with E-state index in [0.717, 1.165) is 18.4 Å². The summed E-state index contributed by atoms with van der Waals surface area (Å²) in [5.41, 5.74) is 0.854. The van der Waals surface area contributed by atoms with Gasteiger partial charge in [-0.05, 0) is 30.5 Å². The highest BCUT2D eigenvalue weighted by Crippen LogP contribution is 2.38. The van der Waals surface area contributed by atoms with Gasteiger partial charge in [0.1, 0.15) is 0 Å². The maximum Gasteiger partial charge on any atom is 0.224 e. The molecule has 0 heterocycles. The highest BCUT2D eigenvalue weighted by atomic mass is 16.5. The highest BCUT2D eigenvalue weighted by Gasteiger charge is 2.17. The van der Waals surface area contributed by atoms with Crippen molar-refractivity contribution in [1.29, 1.82) is 0 Å². The van der Waals surface area contributed by atoms with Crippen molar-refractivity contribution < 1.29 is 19.0 Å². The zero-order valence-electron chi connectivity index (χ0n) is 15.0. The molecule has 0 radical (unpaired) electrons. The van der Waals surface area contributed by atoms with Gasteiger partial charge in [-0.1, -0.05) is 32.1 Å². The number of carbonyl (C=O) groups excluding carboxylic acids is 1. The highest BCUT2D eigenvalue weighted by molar-refractivity contribution is 5.79. The van der Waals surface area contributed by atoms with Gasteiger partial charge in [-0.25, -0.2) is 0 Å². The number of hydrogen-bond donors (Lipinski definition) is 1. The molecule has 0 aliphatic heterocycles. The summed E-state index contributed by atoms with van der Waals surface area (Å²) in [4.78, 5) is 12.4. The standard InChI is InChI=1S/C19H29NO4/c1-22-16-11-14(12-17(23-2)19(16)24-3)13-18(21)20-15-9-7-5-4-6-8-10-15/h11-12,15H,4-10,13H2,1-3H3,(H,20,21). The fraction of sp³-hybridized carbons (Fsp3) is 0.632. The second-order valence-electron chi connectivity index (χ2n) is 6.32. The molecule has 1 aliphatic rings. The van der Waals surface area contributed by atoms with E-state index in [9.17, 15) is 4.79 Å². The Balaban J connectivity index is 2.02. The van der Waals surface area contributed by atoms with Crippen molar-refractivity contribution in [2.45, 2.75) is 57.4 Å². The molecule has 1 fully saturated rings. The third kappa shape index (κ3) is 5.05. The molecule has 134 valence electrons. The first-order valence-electron chi connectivity index (χ1n) is 8.76. The van der Waals surface area contributed by atoms with Gasteiger partial charge in [0, 0.05) is 6.04 Å². The van der Waals surface area contributed by atoms with Gasteiger partial charge in [-0.3, -0.25) is 4.79 Å². The van der Waals surface area contributed by atoms with Gasteiger partial charge in [0.2, 0.25) is 11.7 Å². The van der Waals surface area contributed by atoms with Crippen LogP contribution in [0.5, 0.6) is 17.2 Å². The smallest absolute Gasteiger partial charge is 0.224 e. The molecule has 1 saturated carbocycles. The van der Waals surface area contributed by atoms with Crippen LogP contribution in [0.4, 0.5) is 0 Å². The van der Waals surface area contributed by atoms with E-state index < -0.39 is 0 Å². The summed E-state index contributed by atoms with van der Waals surface area (Å²) in [6.07, 6.45) is 8.77. The van der Waals surface area contributed by atoms with Gasteiger partial charge in [0.05, 0.1) is 27.8 Å². The first kappa shape index (κ1) is 18.4. The number of nitrogens with one attached hydrogen (secondary N) is 1. The number of carbonyl (C=O) groups is 1. The maximum atomic E-state index is 12.4. The van der Waals surface area contributed by atoms with Crippen molar-refractivity contribution in [2.24, 2.45) is 0 Å². The Morgan fingerprint density at radius 3 is 2.00 bits per heavy atom. The lowest BCUT2D eigenvalue weighted by molar-refractivity contribution is -0.121.